The minimum absolute atomic E-state index is 0.150. The summed E-state index contributed by atoms with van der Waals surface area (Å²) in [5.41, 5.74) is 0.150. The largest absolute Gasteiger partial charge is 0.377 e. The van der Waals surface area contributed by atoms with Crippen LogP contribution in [0.3, 0.4) is 0 Å². The Labute approximate surface area is 129 Å². The number of rotatable bonds is 5. The van der Waals surface area contributed by atoms with Crippen LogP contribution in [-0.4, -0.2) is 37.8 Å². The topological polar surface area (TPSA) is 85.4 Å². The molecule has 1 amide bonds. The van der Waals surface area contributed by atoms with Crippen molar-refractivity contribution in [3.63, 3.8) is 0 Å². The minimum atomic E-state index is -3.70. The molecule has 1 aromatic rings. The Morgan fingerprint density at radius 1 is 1.52 bits per heavy atom. The molecule has 0 aliphatic carbocycles. The van der Waals surface area contributed by atoms with Crippen molar-refractivity contribution in [2.45, 2.75) is 45.1 Å². The Balaban J connectivity index is 1.96. The molecule has 0 radical (unpaired) electrons. The normalized spacial score (nSPS) is 19.7. The van der Waals surface area contributed by atoms with E-state index in [1.807, 2.05) is 13.8 Å². The van der Waals surface area contributed by atoms with Gasteiger partial charge in [0.1, 0.15) is 5.69 Å². The van der Waals surface area contributed by atoms with E-state index in [4.69, 9.17) is 4.74 Å². The first-order valence-electron chi connectivity index (χ1n) is 6.99. The van der Waals surface area contributed by atoms with Gasteiger partial charge in [0, 0.05) is 17.9 Å². The van der Waals surface area contributed by atoms with Crippen molar-refractivity contribution in [2.24, 2.45) is 0 Å². The molecule has 1 aromatic heterocycles. The van der Waals surface area contributed by atoms with Gasteiger partial charge in [0.15, 0.2) is 0 Å². The summed E-state index contributed by atoms with van der Waals surface area (Å²) in [5, 5.41) is 2.39. The zero-order valence-electron chi connectivity index (χ0n) is 12.2. The first-order valence-corrected chi connectivity index (χ1v) is 9.52. The molecule has 0 saturated carbocycles. The second kappa shape index (κ2) is 6.85. The predicted octanol–water partition coefficient (Wildman–Crippen LogP) is 1.90. The quantitative estimate of drug-likeness (QED) is 0.890. The number of carbonyl (C=O) groups is 1. The van der Waals surface area contributed by atoms with Gasteiger partial charge in [-0.25, -0.2) is 18.1 Å². The first-order chi connectivity index (χ1) is 9.87. The Morgan fingerprint density at radius 3 is 2.86 bits per heavy atom. The SMILES string of the molecule is CC(C)c1nc(C(=O)NS(=O)(=O)C[C@@H]2CCCCO2)cs1. The van der Waals surface area contributed by atoms with Crippen molar-refractivity contribution in [2.75, 3.05) is 12.4 Å². The van der Waals surface area contributed by atoms with Crippen LogP contribution in [0.2, 0.25) is 0 Å². The van der Waals surface area contributed by atoms with Gasteiger partial charge in [-0.2, -0.15) is 0 Å². The van der Waals surface area contributed by atoms with E-state index in [-0.39, 0.29) is 23.5 Å². The average Bonchev–Trinajstić information content (AvgIpc) is 2.88. The van der Waals surface area contributed by atoms with Crippen molar-refractivity contribution in [1.82, 2.24) is 9.71 Å². The summed E-state index contributed by atoms with van der Waals surface area (Å²) in [7, 11) is -3.70. The van der Waals surface area contributed by atoms with Gasteiger partial charge in [0.2, 0.25) is 10.0 Å². The van der Waals surface area contributed by atoms with E-state index in [2.05, 4.69) is 9.71 Å². The summed E-state index contributed by atoms with van der Waals surface area (Å²) in [6.07, 6.45) is 2.30. The van der Waals surface area contributed by atoms with Crippen LogP contribution in [0.25, 0.3) is 0 Å². The summed E-state index contributed by atoms with van der Waals surface area (Å²) in [6, 6.07) is 0. The highest BCUT2D eigenvalue weighted by molar-refractivity contribution is 7.90. The lowest BCUT2D eigenvalue weighted by Gasteiger charge is -2.22. The van der Waals surface area contributed by atoms with Crippen LogP contribution < -0.4 is 4.72 Å². The maximum absolute atomic E-state index is 12.0. The van der Waals surface area contributed by atoms with E-state index < -0.39 is 15.9 Å². The van der Waals surface area contributed by atoms with Gasteiger partial charge in [0.25, 0.3) is 5.91 Å². The van der Waals surface area contributed by atoms with E-state index in [9.17, 15) is 13.2 Å². The Bertz CT molecular complexity index is 589. The lowest BCUT2D eigenvalue weighted by Crippen LogP contribution is -2.38. The third-order valence-corrected chi connectivity index (χ3v) is 5.63. The number of nitrogens with zero attached hydrogens (tertiary/aromatic N) is 1. The Morgan fingerprint density at radius 2 is 2.29 bits per heavy atom. The van der Waals surface area contributed by atoms with Crippen LogP contribution in [0.4, 0.5) is 0 Å². The summed E-state index contributed by atoms with van der Waals surface area (Å²) in [6.45, 7) is 4.52. The fraction of sp³-hybridized carbons (Fsp3) is 0.692. The number of amides is 1. The Hall–Kier alpha value is -0.990. The highest BCUT2D eigenvalue weighted by atomic mass is 32.2. The van der Waals surface area contributed by atoms with Crippen molar-refractivity contribution < 1.29 is 17.9 Å². The van der Waals surface area contributed by atoms with Gasteiger partial charge < -0.3 is 4.74 Å². The van der Waals surface area contributed by atoms with Crippen LogP contribution in [0, 0.1) is 0 Å². The molecule has 1 aliphatic rings. The van der Waals surface area contributed by atoms with Crippen LogP contribution in [0.1, 0.15) is 54.5 Å². The van der Waals surface area contributed by atoms with Gasteiger partial charge >= 0.3 is 0 Å². The monoisotopic (exact) mass is 332 g/mol. The number of thiazole rings is 1. The second-order valence-corrected chi connectivity index (χ2v) is 8.08. The maximum Gasteiger partial charge on any atom is 0.284 e. The molecule has 21 heavy (non-hydrogen) atoms. The number of hydrogen-bond acceptors (Lipinski definition) is 6. The van der Waals surface area contributed by atoms with E-state index in [0.717, 1.165) is 17.8 Å². The standard InChI is InChI=1S/C13H20N2O4S2/c1-9(2)13-14-11(7-20-13)12(16)15-21(17,18)8-10-5-3-4-6-19-10/h7,9-10H,3-6,8H2,1-2H3,(H,15,16)/t10-/m0/s1. The molecule has 0 unspecified atom stereocenters. The molecule has 2 rings (SSSR count). The summed E-state index contributed by atoms with van der Waals surface area (Å²) >= 11 is 1.36. The zero-order valence-corrected chi connectivity index (χ0v) is 13.8. The highest BCUT2D eigenvalue weighted by Crippen LogP contribution is 2.19. The summed E-state index contributed by atoms with van der Waals surface area (Å²) < 4.78 is 31.4. The number of sulfonamides is 1. The van der Waals surface area contributed by atoms with Gasteiger partial charge in [-0.3, -0.25) is 4.79 Å². The van der Waals surface area contributed by atoms with Crippen molar-refractivity contribution in [1.29, 1.82) is 0 Å². The molecule has 1 saturated heterocycles. The lowest BCUT2D eigenvalue weighted by molar-refractivity contribution is 0.0304. The van der Waals surface area contributed by atoms with E-state index >= 15 is 0 Å². The molecule has 1 atom stereocenters. The van der Waals surface area contributed by atoms with Crippen LogP contribution in [0.15, 0.2) is 5.38 Å². The molecule has 0 spiro atoms. The number of carbonyl (C=O) groups excluding carboxylic acids is 1. The number of ether oxygens (including phenoxy) is 1. The Kier molecular flexibility index (Phi) is 5.34. The maximum atomic E-state index is 12.0. The van der Waals surface area contributed by atoms with Crippen LogP contribution in [-0.2, 0) is 14.8 Å². The van der Waals surface area contributed by atoms with Crippen molar-refractivity contribution >= 4 is 27.3 Å². The molecule has 6 nitrogen and oxygen atoms in total. The molecular formula is C13H20N2O4S2. The van der Waals surface area contributed by atoms with Gasteiger partial charge in [-0.1, -0.05) is 13.8 Å². The summed E-state index contributed by atoms with van der Waals surface area (Å²) in [5.74, 6) is -0.641. The fourth-order valence-corrected chi connectivity index (χ4v) is 4.11. The third-order valence-electron chi connectivity index (χ3n) is 3.18. The summed E-state index contributed by atoms with van der Waals surface area (Å²) in [4.78, 5) is 16.1. The lowest BCUT2D eigenvalue weighted by atomic mass is 10.1. The molecule has 2 heterocycles. The van der Waals surface area contributed by atoms with Gasteiger partial charge in [0.05, 0.1) is 16.9 Å². The number of hydrogen-bond donors (Lipinski definition) is 1. The molecule has 8 heteroatoms. The first kappa shape index (κ1) is 16.4. The molecule has 0 bridgehead atoms. The van der Waals surface area contributed by atoms with Gasteiger partial charge in [-0.15, -0.1) is 11.3 Å². The van der Waals surface area contributed by atoms with Gasteiger partial charge in [-0.05, 0) is 19.3 Å². The minimum Gasteiger partial charge on any atom is -0.377 e. The molecule has 1 aliphatic heterocycles. The number of aromatic nitrogens is 1. The molecular weight excluding hydrogens is 312 g/mol. The number of nitrogens with one attached hydrogen (secondary N) is 1. The predicted molar refractivity (Wildman–Crippen MR) is 81.0 cm³/mol. The van der Waals surface area contributed by atoms with E-state index in [1.165, 1.54) is 11.3 Å². The smallest absolute Gasteiger partial charge is 0.284 e. The third kappa shape index (κ3) is 4.76. The molecule has 118 valence electrons. The molecule has 0 aromatic carbocycles. The molecule has 1 N–H and O–H groups in total. The molecule has 1 fully saturated rings. The van der Waals surface area contributed by atoms with Crippen molar-refractivity contribution in [3.05, 3.63) is 16.1 Å². The van der Waals surface area contributed by atoms with E-state index in [1.54, 1.807) is 5.38 Å². The van der Waals surface area contributed by atoms with Crippen LogP contribution >= 0.6 is 11.3 Å². The average molecular weight is 332 g/mol. The highest BCUT2D eigenvalue weighted by Gasteiger charge is 2.25. The van der Waals surface area contributed by atoms with E-state index in [0.29, 0.717) is 13.0 Å². The second-order valence-electron chi connectivity index (χ2n) is 5.43. The fourth-order valence-electron chi connectivity index (χ4n) is 2.08. The van der Waals surface area contributed by atoms with Crippen molar-refractivity contribution in [3.8, 4) is 0 Å². The zero-order chi connectivity index (χ0) is 15.5. The van der Waals surface area contributed by atoms with Crippen LogP contribution in [0.5, 0.6) is 0 Å².